The van der Waals surface area contributed by atoms with Crippen LogP contribution in [0.15, 0.2) is 24.3 Å². The number of carbonyl (C=O) groups excluding carboxylic acids is 1. The van der Waals surface area contributed by atoms with Crippen molar-refractivity contribution in [1.29, 1.82) is 5.26 Å². The van der Waals surface area contributed by atoms with Gasteiger partial charge in [0.1, 0.15) is 5.82 Å². The van der Waals surface area contributed by atoms with Crippen LogP contribution >= 0.6 is 0 Å². The zero-order valence-corrected chi connectivity index (χ0v) is 11.4. The van der Waals surface area contributed by atoms with E-state index in [1.807, 2.05) is 11.0 Å². The zero-order valence-electron chi connectivity index (χ0n) is 11.4. The molecule has 0 atom stereocenters. The Hall–Kier alpha value is -1.97. The monoisotopic (exact) mass is 279 g/mol. The molecule has 0 aliphatic carbocycles. The Balaban J connectivity index is 2.50. The summed E-state index contributed by atoms with van der Waals surface area (Å²) in [6, 6.07) is 7.76. The van der Waals surface area contributed by atoms with Crippen LogP contribution in [-0.2, 0) is 9.53 Å². The lowest BCUT2D eigenvalue weighted by molar-refractivity contribution is -0.117. The average Bonchev–Trinajstić information content (AvgIpc) is 2.41. The molecule has 20 heavy (non-hydrogen) atoms. The molecule has 6 heteroatoms. The Bertz CT molecular complexity index is 474. The van der Waals surface area contributed by atoms with Crippen LogP contribution in [0.1, 0.15) is 6.42 Å². The van der Waals surface area contributed by atoms with Crippen molar-refractivity contribution < 1.29 is 13.9 Å². The van der Waals surface area contributed by atoms with Crippen LogP contribution in [0.5, 0.6) is 0 Å². The molecule has 1 aromatic rings. The van der Waals surface area contributed by atoms with E-state index in [2.05, 4.69) is 5.32 Å². The predicted octanol–water partition coefficient (Wildman–Crippen LogP) is 1.63. The van der Waals surface area contributed by atoms with Crippen molar-refractivity contribution in [2.75, 3.05) is 38.7 Å². The van der Waals surface area contributed by atoms with Crippen molar-refractivity contribution in [3.8, 4) is 6.07 Å². The Morgan fingerprint density at radius 1 is 1.50 bits per heavy atom. The third-order valence-corrected chi connectivity index (χ3v) is 2.63. The van der Waals surface area contributed by atoms with Gasteiger partial charge >= 0.3 is 0 Å². The first kappa shape index (κ1) is 16.1. The summed E-state index contributed by atoms with van der Waals surface area (Å²) in [5.41, 5.74) is 0.418. The molecule has 0 aliphatic rings. The summed E-state index contributed by atoms with van der Waals surface area (Å²) in [5, 5.41) is 11.2. The second-order valence-electron chi connectivity index (χ2n) is 4.24. The van der Waals surface area contributed by atoms with Crippen molar-refractivity contribution in [2.45, 2.75) is 6.42 Å². The van der Waals surface area contributed by atoms with E-state index in [1.165, 1.54) is 18.2 Å². The van der Waals surface area contributed by atoms with Crippen LogP contribution < -0.4 is 5.32 Å². The Morgan fingerprint density at radius 3 is 2.95 bits per heavy atom. The van der Waals surface area contributed by atoms with Crippen LogP contribution in [0.4, 0.5) is 10.1 Å². The van der Waals surface area contributed by atoms with Gasteiger partial charge in [0, 0.05) is 32.3 Å². The predicted molar refractivity (Wildman–Crippen MR) is 73.6 cm³/mol. The molecule has 1 N–H and O–H groups in total. The maximum absolute atomic E-state index is 13.0. The van der Waals surface area contributed by atoms with Gasteiger partial charge in [-0.25, -0.2) is 4.39 Å². The average molecular weight is 279 g/mol. The molecule has 0 aromatic heterocycles. The number of methoxy groups -OCH3 is 1. The molecule has 0 aliphatic heterocycles. The summed E-state index contributed by atoms with van der Waals surface area (Å²) in [7, 11) is 1.58. The summed E-state index contributed by atoms with van der Waals surface area (Å²) in [4.78, 5) is 13.7. The summed E-state index contributed by atoms with van der Waals surface area (Å²) in [6.07, 6.45) is 0.344. The highest BCUT2D eigenvalue weighted by atomic mass is 19.1. The first-order valence-electron chi connectivity index (χ1n) is 6.29. The fourth-order valence-electron chi connectivity index (χ4n) is 1.67. The van der Waals surface area contributed by atoms with E-state index in [0.717, 1.165) is 0 Å². The van der Waals surface area contributed by atoms with Crippen LogP contribution in [0.3, 0.4) is 0 Å². The second-order valence-corrected chi connectivity index (χ2v) is 4.24. The van der Waals surface area contributed by atoms with Gasteiger partial charge in [0.25, 0.3) is 0 Å². The molecule has 1 amide bonds. The molecule has 0 radical (unpaired) electrons. The summed E-state index contributed by atoms with van der Waals surface area (Å²) in [6.45, 7) is 1.69. The quantitative estimate of drug-likeness (QED) is 0.785. The third-order valence-electron chi connectivity index (χ3n) is 2.63. The van der Waals surface area contributed by atoms with Gasteiger partial charge in [0.05, 0.1) is 19.2 Å². The molecule has 0 fully saturated rings. The van der Waals surface area contributed by atoms with E-state index in [-0.39, 0.29) is 12.5 Å². The summed E-state index contributed by atoms with van der Waals surface area (Å²) < 4.78 is 18.0. The van der Waals surface area contributed by atoms with Gasteiger partial charge in [-0.15, -0.1) is 0 Å². The maximum atomic E-state index is 13.0. The van der Waals surface area contributed by atoms with Gasteiger partial charge in [-0.1, -0.05) is 6.07 Å². The Morgan fingerprint density at radius 2 is 2.30 bits per heavy atom. The number of halogens is 1. The van der Waals surface area contributed by atoms with Gasteiger partial charge in [-0.05, 0) is 18.2 Å². The minimum atomic E-state index is -0.400. The molecule has 5 nitrogen and oxygen atoms in total. The van der Waals surface area contributed by atoms with Gasteiger partial charge in [0.15, 0.2) is 0 Å². The molecular formula is C14H18FN3O2. The molecule has 108 valence electrons. The molecule has 0 saturated heterocycles. The largest absolute Gasteiger partial charge is 0.383 e. The highest BCUT2D eigenvalue weighted by molar-refractivity contribution is 5.92. The fourth-order valence-corrected chi connectivity index (χ4v) is 1.67. The molecule has 1 aromatic carbocycles. The SMILES string of the molecule is COCCN(CCC#N)CC(=O)Nc1cccc(F)c1. The molecule has 0 spiro atoms. The van der Waals surface area contributed by atoms with Gasteiger partial charge in [-0.2, -0.15) is 5.26 Å². The van der Waals surface area contributed by atoms with Gasteiger partial charge in [0.2, 0.25) is 5.91 Å². The van der Waals surface area contributed by atoms with E-state index in [9.17, 15) is 9.18 Å². The van der Waals surface area contributed by atoms with Crippen LogP contribution in [0.2, 0.25) is 0 Å². The lowest BCUT2D eigenvalue weighted by atomic mass is 10.3. The van der Waals surface area contributed by atoms with Crippen LogP contribution in [-0.4, -0.2) is 44.2 Å². The lowest BCUT2D eigenvalue weighted by Crippen LogP contribution is -2.36. The third kappa shape index (κ3) is 6.27. The van der Waals surface area contributed by atoms with Gasteiger partial charge < -0.3 is 10.1 Å². The number of nitriles is 1. The zero-order chi connectivity index (χ0) is 14.8. The maximum Gasteiger partial charge on any atom is 0.238 e. The number of anilines is 1. The summed E-state index contributed by atoms with van der Waals surface area (Å²) >= 11 is 0. The number of rotatable bonds is 8. The number of amides is 1. The van der Waals surface area contributed by atoms with E-state index < -0.39 is 5.82 Å². The smallest absolute Gasteiger partial charge is 0.238 e. The Labute approximate surface area is 117 Å². The van der Waals surface area contributed by atoms with Crippen LogP contribution in [0.25, 0.3) is 0 Å². The number of hydrogen-bond acceptors (Lipinski definition) is 4. The van der Waals surface area contributed by atoms with Gasteiger partial charge in [-0.3, -0.25) is 9.69 Å². The Kier molecular flexibility index (Phi) is 7.25. The number of nitrogens with zero attached hydrogens (tertiary/aromatic N) is 2. The van der Waals surface area contributed by atoms with Crippen molar-refractivity contribution in [1.82, 2.24) is 4.90 Å². The normalized spacial score (nSPS) is 10.3. The van der Waals surface area contributed by atoms with Crippen molar-refractivity contribution in [2.24, 2.45) is 0 Å². The molecule has 1 rings (SSSR count). The highest BCUT2D eigenvalue weighted by Crippen LogP contribution is 2.09. The lowest BCUT2D eigenvalue weighted by Gasteiger charge is -2.20. The van der Waals surface area contributed by atoms with E-state index in [0.29, 0.717) is 31.8 Å². The number of hydrogen-bond donors (Lipinski definition) is 1. The topological polar surface area (TPSA) is 65.4 Å². The van der Waals surface area contributed by atoms with Crippen LogP contribution in [0, 0.1) is 17.1 Å². The molecule has 0 bridgehead atoms. The van der Waals surface area contributed by atoms with Crippen molar-refractivity contribution >= 4 is 11.6 Å². The highest BCUT2D eigenvalue weighted by Gasteiger charge is 2.10. The first-order valence-corrected chi connectivity index (χ1v) is 6.29. The molecular weight excluding hydrogens is 261 g/mol. The number of benzene rings is 1. The standard InChI is InChI=1S/C14H18FN3O2/c1-20-9-8-18(7-3-6-16)11-14(19)17-13-5-2-4-12(15)10-13/h2,4-5,10H,3,7-9,11H2,1H3,(H,17,19). The second kappa shape index (κ2) is 9.02. The number of nitrogens with one attached hydrogen (secondary N) is 1. The minimum absolute atomic E-state index is 0.140. The van der Waals surface area contributed by atoms with E-state index in [1.54, 1.807) is 13.2 Å². The van der Waals surface area contributed by atoms with E-state index >= 15 is 0 Å². The number of ether oxygens (including phenoxy) is 1. The fraction of sp³-hybridized carbons (Fsp3) is 0.429. The van der Waals surface area contributed by atoms with Crippen molar-refractivity contribution in [3.05, 3.63) is 30.1 Å². The first-order chi connectivity index (χ1) is 9.65. The van der Waals surface area contributed by atoms with Crippen molar-refractivity contribution in [3.63, 3.8) is 0 Å². The minimum Gasteiger partial charge on any atom is -0.383 e. The number of carbonyl (C=O) groups is 1. The summed E-state index contributed by atoms with van der Waals surface area (Å²) in [5.74, 6) is -0.645. The molecule has 0 unspecified atom stereocenters. The molecule has 0 saturated carbocycles. The molecule has 0 heterocycles. The van der Waals surface area contributed by atoms with E-state index in [4.69, 9.17) is 10.00 Å².